The molecule has 0 spiro atoms. The highest BCUT2D eigenvalue weighted by molar-refractivity contribution is 7.90. The van der Waals surface area contributed by atoms with Gasteiger partial charge in [-0.15, -0.1) is 0 Å². The predicted molar refractivity (Wildman–Crippen MR) is 63.9 cm³/mol. The quantitative estimate of drug-likeness (QED) is 0.799. The normalized spacial score (nSPS) is 11.2. The number of ether oxygens (including phenoxy) is 1. The Morgan fingerprint density at radius 2 is 2.00 bits per heavy atom. The lowest BCUT2D eigenvalue weighted by molar-refractivity contribution is 0.415. The van der Waals surface area contributed by atoms with E-state index in [9.17, 15) is 8.42 Å². The van der Waals surface area contributed by atoms with Crippen LogP contribution in [0.1, 0.15) is 5.69 Å². The van der Waals surface area contributed by atoms with Gasteiger partial charge in [-0.25, -0.2) is 18.4 Å². The lowest BCUT2D eigenvalue weighted by Crippen LogP contribution is -2.06. The van der Waals surface area contributed by atoms with Gasteiger partial charge in [0.05, 0.1) is 18.1 Å². The smallest absolute Gasteiger partial charge is 0.195 e. The van der Waals surface area contributed by atoms with Crippen molar-refractivity contribution >= 4 is 20.9 Å². The van der Waals surface area contributed by atoms with Crippen LogP contribution in [0.15, 0.2) is 23.2 Å². The van der Waals surface area contributed by atoms with Crippen molar-refractivity contribution in [3.8, 4) is 11.8 Å². The second-order valence-electron chi connectivity index (χ2n) is 3.62. The fourth-order valence-electron chi connectivity index (χ4n) is 1.48. The van der Waals surface area contributed by atoms with E-state index in [4.69, 9.17) is 10.00 Å². The number of nitrogens with zero attached hydrogens (tertiary/aromatic N) is 3. The van der Waals surface area contributed by atoms with E-state index < -0.39 is 9.84 Å². The predicted octanol–water partition coefficient (Wildman–Crippen LogP) is 0.914. The van der Waals surface area contributed by atoms with Crippen LogP contribution in [-0.4, -0.2) is 31.8 Å². The number of aromatic nitrogens is 2. The molecule has 1 aromatic carbocycles. The minimum absolute atomic E-state index is 0.210. The van der Waals surface area contributed by atoms with Crippen LogP contribution >= 0.6 is 0 Å². The molecule has 0 aliphatic rings. The largest absolute Gasteiger partial charge is 0.497 e. The lowest BCUT2D eigenvalue weighted by atomic mass is 10.3. The average Bonchev–Trinajstić information content (AvgIpc) is 2.35. The monoisotopic (exact) mass is 263 g/mol. The van der Waals surface area contributed by atoms with Crippen molar-refractivity contribution in [3.05, 3.63) is 23.9 Å². The SMILES string of the molecule is COc1ccc2nc(S(C)(=O)=O)c(C#N)nc2c1. The van der Waals surface area contributed by atoms with Crippen LogP contribution in [-0.2, 0) is 9.84 Å². The third-order valence-electron chi connectivity index (χ3n) is 2.30. The number of sulfone groups is 1. The zero-order chi connectivity index (χ0) is 13.3. The van der Waals surface area contributed by atoms with Crippen LogP contribution in [0.2, 0.25) is 0 Å². The number of hydrogen-bond acceptors (Lipinski definition) is 6. The molecule has 18 heavy (non-hydrogen) atoms. The van der Waals surface area contributed by atoms with Gasteiger partial charge in [0.2, 0.25) is 0 Å². The molecule has 2 aromatic rings. The van der Waals surface area contributed by atoms with E-state index in [1.165, 1.54) is 7.11 Å². The molecule has 1 heterocycles. The van der Waals surface area contributed by atoms with E-state index in [0.29, 0.717) is 16.8 Å². The van der Waals surface area contributed by atoms with Gasteiger partial charge >= 0.3 is 0 Å². The molecule has 0 saturated carbocycles. The van der Waals surface area contributed by atoms with Gasteiger partial charge in [0.25, 0.3) is 0 Å². The number of nitriles is 1. The Morgan fingerprint density at radius 1 is 1.28 bits per heavy atom. The maximum atomic E-state index is 11.5. The Kier molecular flexibility index (Phi) is 2.88. The molecule has 1 aromatic heterocycles. The second-order valence-corrected chi connectivity index (χ2v) is 5.55. The highest BCUT2D eigenvalue weighted by atomic mass is 32.2. The molecule has 0 fully saturated rings. The van der Waals surface area contributed by atoms with E-state index >= 15 is 0 Å². The van der Waals surface area contributed by atoms with Gasteiger partial charge in [0.15, 0.2) is 20.6 Å². The molecule has 0 N–H and O–H groups in total. The van der Waals surface area contributed by atoms with Gasteiger partial charge in [0, 0.05) is 12.3 Å². The summed E-state index contributed by atoms with van der Waals surface area (Å²) in [6.45, 7) is 0. The van der Waals surface area contributed by atoms with Crippen LogP contribution in [0.3, 0.4) is 0 Å². The van der Waals surface area contributed by atoms with Crippen LogP contribution in [0.25, 0.3) is 11.0 Å². The lowest BCUT2D eigenvalue weighted by Gasteiger charge is -2.04. The zero-order valence-corrected chi connectivity index (χ0v) is 10.5. The maximum Gasteiger partial charge on any atom is 0.195 e. The van der Waals surface area contributed by atoms with Crippen molar-refractivity contribution in [2.24, 2.45) is 0 Å². The number of methoxy groups -OCH3 is 1. The first-order valence-corrected chi connectivity index (χ1v) is 6.81. The minimum atomic E-state index is -3.58. The molecule has 2 rings (SSSR count). The highest BCUT2D eigenvalue weighted by Gasteiger charge is 2.18. The average molecular weight is 263 g/mol. The Morgan fingerprint density at radius 3 is 2.56 bits per heavy atom. The summed E-state index contributed by atoms with van der Waals surface area (Å²) in [5, 5.41) is 8.62. The van der Waals surface area contributed by atoms with Crippen molar-refractivity contribution in [1.82, 2.24) is 9.97 Å². The molecule has 92 valence electrons. The summed E-state index contributed by atoms with van der Waals surface area (Å²) in [6.07, 6.45) is 0.993. The summed E-state index contributed by atoms with van der Waals surface area (Å²) in [4.78, 5) is 7.95. The molecule has 0 amide bonds. The molecule has 6 nitrogen and oxygen atoms in total. The van der Waals surface area contributed by atoms with Crippen molar-refractivity contribution in [2.45, 2.75) is 5.03 Å². The van der Waals surface area contributed by atoms with Gasteiger partial charge in [-0.3, -0.25) is 0 Å². The topological polar surface area (TPSA) is 92.9 Å². The van der Waals surface area contributed by atoms with Crippen molar-refractivity contribution in [3.63, 3.8) is 0 Å². The van der Waals surface area contributed by atoms with E-state index in [1.54, 1.807) is 24.3 Å². The van der Waals surface area contributed by atoms with Gasteiger partial charge in [-0.2, -0.15) is 5.26 Å². The Labute approximate surface area is 104 Å². The third kappa shape index (κ3) is 2.10. The highest BCUT2D eigenvalue weighted by Crippen LogP contribution is 2.20. The summed E-state index contributed by atoms with van der Waals surface area (Å²) in [6, 6.07) is 6.57. The molecule has 0 atom stereocenters. The van der Waals surface area contributed by atoms with Gasteiger partial charge in [-0.1, -0.05) is 0 Å². The number of rotatable bonds is 2. The van der Waals surface area contributed by atoms with Crippen molar-refractivity contribution < 1.29 is 13.2 Å². The fourth-order valence-corrected chi connectivity index (χ4v) is 2.18. The van der Waals surface area contributed by atoms with Crippen LogP contribution < -0.4 is 4.74 Å². The molecule has 0 saturated heterocycles. The second kappa shape index (κ2) is 4.23. The maximum absolute atomic E-state index is 11.5. The third-order valence-corrected chi connectivity index (χ3v) is 3.28. The standard InChI is InChI=1S/C11H9N3O3S/c1-17-7-3-4-8-9(5-7)13-10(6-12)11(14-8)18(2,15)16/h3-5H,1-2H3. The first-order valence-electron chi connectivity index (χ1n) is 4.91. The van der Waals surface area contributed by atoms with Crippen molar-refractivity contribution in [1.29, 1.82) is 5.26 Å². The summed E-state index contributed by atoms with van der Waals surface area (Å²) < 4.78 is 28.0. The van der Waals surface area contributed by atoms with Crippen LogP contribution in [0.5, 0.6) is 5.75 Å². The van der Waals surface area contributed by atoms with E-state index in [2.05, 4.69) is 9.97 Å². The number of hydrogen-bond donors (Lipinski definition) is 0. The van der Waals surface area contributed by atoms with E-state index in [1.807, 2.05) is 0 Å². The molecular formula is C11H9N3O3S. The van der Waals surface area contributed by atoms with Gasteiger partial charge in [0.1, 0.15) is 11.8 Å². The van der Waals surface area contributed by atoms with Crippen LogP contribution in [0.4, 0.5) is 0 Å². The molecule has 7 heteroatoms. The van der Waals surface area contributed by atoms with E-state index in [-0.39, 0.29) is 10.7 Å². The number of fused-ring (bicyclic) bond motifs is 1. The molecule has 0 radical (unpaired) electrons. The molecule has 0 aliphatic heterocycles. The minimum Gasteiger partial charge on any atom is -0.497 e. The Hall–Kier alpha value is -2.20. The summed E-state index contributed by atoms with van der Waals surface area (Å²) >= 11 is 0. The first-order chi connectivity index (χ1) is 8.45. The fraction of sp³-hybridized carbons (Fsp3) is 0.182. The molecule has 0 unspecified atom stereocenters. The summed E-state index contributed by atoms with van der Waals surface area (Å²) in [7, 11) is -2.08. The van der Waals surface area contributed by atoms with Crippen molar-refractivity contribution in [2.75, 3.05) is 13.4 Å². The van der Waals surface area contributed by atoms with Gasteiger partial charge < -0.3 is 4.74 Å². The first kappa shape index (κ1) is 12.3. The summed E-state index contributed by atoms with van der Waals surface area (Å²) in [5.74, 6) is 0.563. The molecule has 0 aliphatic carbocycles. The Bertz CT molecular complexity index is 763. The molecular weight excluding hydrogens is 254 g/mol. The summed E-state index contributed by atoms with van der Waals surface area (Å²) in [5.41, 5.74) is 0.603. The Balaban J connectivity index is 2.82. The van der Waals surface area contributed by atoms with Gasteiger partial charge in [-0.05, 0) is 12.1 Å². The van der Waals surface area contributed by atoms with Crippen LogP contribution in [0, 0.1) is 11.3 Å². The molecule has 0 bridgehead atoms. The zero-order valence-electron chi connectivity index (χ0n) is 9.71. The van der Waals surface area contributed by atoms with E-state index in [0.717, 1.165) is 6.26 Å². The number of benzene rings is 1.